The van der Waals surface area contributed by atoms with E-state index in [1.807, 2.05) is 18.5 Å². The molecule has 0 saturated heterocycles. The molecular formula is C35H23N3. The van der Waals surface area contributed by atoms with Crippen LogP contribution in [0.2, 0.25) is 0 Å². The van der Waals surface area contributed by atoms with Crippen molar-refractivity contribution in [2.75, 3.05) is 0 Å². The Morgan fingerprint density at radius 2 is 0.947 bits per heavy atom. The van der Waals surface area contributed by atoms with Crippen molar-refractivity contribution < 1.29 is 0 Å². The molecule has 3 heterocycles. The zero-order valence-electron chi connectivity index (χ0n) is 20.6. The van der Waals surface area contributed by atoms with E-state index in [1.54, 1.807) is 0 Å². The zero-order chi connectivity index (χ0) is 25.1. The molecule has 5 aromatic carbocycles. The van der Waals surface area contributed by atoms with Gasteiger partial charge in [0.25, 0.3) is 0 Å². The van der Waals surface area contributed by atoms with Gasteiger partial charge in [-0.25, -0.2) is 0 Å². The van der Waals surface area contributed by atoms with Gasteiger partial charge in [-0.05, 0) is 59.7 Å². The fourth-order valence-electron chi connectivity index (χ4n) is 5.99. The number of rotatable bonds is 3. The van der Waals surface area contributed by atoms with Crippen LogP contribution in [-0.2, 0) is 0 Å². The molecule has 0 radical (unpaired) electrons. The van der Waals surface area contributed by atoms with Crippen molar-refractivity contribution in [2.45, 2.75) is 0 Å². The van der Waals surface area contributed by atoms with Gasteiger partial charge in [-0.3, -0.25) is 4.98 Å². The summed E-state index contributed by atoms with van der Waals surface area (Å²) in [7, 11) is 0. The lowest BCUT2D eigenvalue weighted by molar-refractivity contribution is 1.14. The summed E-state index contributed by atoms with van der Waals surface area (Å²) in [4.78, 5) is 4.41. The molecule has 0 atom stereocenters. The molecule has 0 saturated carbocycles. The van der Waals surface area contributed by atoms with Crippen LogP contribution >= 0.6 is 0 Å². The highest BCUT2D eigenvalue weighted by Crippen LogP contribution is 2.42. The number of aromatic nitrogens is 3. The van der Waals surface area contributed by atoms with Crippen molar-refractivity contribution >= 4 is 43.6 Å². The minimum atomic E-state index is 1.07. The first kappa shape index (κ1) is 21.0. The van der Waals surface area contributed by atoms with Crippen LogP contribution in [0.1, 0.15) is 0 Å². The summed E-state index contributed by atoms with van der Waals surface area (Å²) in [6.45, 7) is 0. The van der Waals surface area contributed by atoms with Gasteiger partial charge < -0.3 is 9.13 Å². The van der Waals surface area contributed by atoms with Gasteiger partial charge in [0.2, 0.25) is 0 Å². The second-order valence-corrected chi connectivity index (χ2v) is 9.68. The number of hydrogen-bond donors (Lipinski definition) is 0. The number of nitrogens with zero attached hydrogens (tertiary/aromatic N) is 3. The fraction of sp³-hybridized carbons (Fsp3) is 0. The molecule has 0 bridgehead atoms. The minimum absolute atomic E-state index is 1.07. The third-order valence-electron chi connectivity index (χ3n) is 7.61. The molecular weight excluding hydrogens is 462 g/mol. The van der Waals surface area contributed by atoms with E-state index in [4.69, 9.17) is 0 Å². The van der Waals surface area contributed by atoms with Crippen molar-refractivity contribution in [3.63, 3.8) is 0 Å². The smallest absolute Gasteiger partial charge is 0.0645 e. The average molecular weight is 486 g/mol. The lowest BCUT2D eigenvalue weighted by atomic mass is 10.1. The Hall–Kier alpha value is -5.15. The Kier molecular flexibility index (Phi) is 4.52. The number of pyridine rings is 1. The molecule has 0 aliphatic carbocycles. The normalized spacial score (nSPS) is 11.7. The van der Waals surface area contributed by atoms with Crippen LogP contribution in [0.5, 0.6) is 0 Å². The second kappa shape index (κ2) is 8.19. The zero-order valence-corrected chi connectivity index (χ0v) is 20.6. The first-order valence-corrected chi connectivity index (χ1v) is 12.9. The standard InChI is InChI=1S/C35H23N3/c1-2-9-24(10-3-1)25-16-18-26(19-17-25)37-30-14-6-4-12-28(30)34-32(37)20-21-33-35(34)29-13-5-7-15-31(29)38(33)27-11-8-22-36-23-27/h1-23H. The summed E-state index contributed by atoms with van der Waals surface area (Å²) >= 11 is 0. The van der Waals surface area contributed by atoms with Crippen LogP contribution in [-0.4, -0.2) is 14.1 Å². The Balaban J connectivity index is 1.46. The molecule has 38 heavy (non-hydrogen) atoms. The Bertz CT molecular complexity index is 2100. The molecule has 3 nitrogen and oxygen atoms in total. The lowest BCUT2D eigenvalue weighted by Crippen LogP contribution is -1.95. The first-order valence-electron chi connectivity index (χ1n) is 12.9. The number of para-hydroxylation sites is 2. The molecule has 0 fully saturated rings. The predicted octanol–water partition coefficient (Wildman–Crippen LogP) is 8.94. The van der Waals surface area contributed by atoms with Crippen LogP contribution in [0.4, 0.5) is 0 Å². The van der Waals surface area contributed by atoms with E-state index in [1.165, 1.54) is 54.7 Å². The molecule has 0 aliphatic rings. The van der Waals surface area contributed by atoms with Crippen LogP contribution in [0.25, 0.3) is 66.1 Å². The Morgan fingerprint density at radius 1 is 0.395 bits per heavy atom. The van der Waals surface area contributed by atoms with Gasteiger partial charge in [0.1, 0.15) is 0 Å². The minimum Gasteiger partial charge on any atom is -0.309 e. The molecule has 178 valence electrons. The highest BCUT2D eigenvalue weighted by molar-refractivity contribution is 6.28. The fourth-order valence-corrected chi connectivity index (χ4v) is 5.99. The third-order valence-corrected chi connectivity index (χ3v) is 7.61. The van der Waals surface area contributed by atoms with Gasteiger partial charge in [-0.1, -0.05) is 78.9 Å². The van der Waals surface area contributed by atoms with Gasteiger partial charge in [-0.15, -0.1) is 0 Å². The Labute approximate surface area is 219 Å². The number of hydrogen-bond acceptors (Lipinski definition) is 1. The third kappa shape index (κ3) is 2.99. The van der Waals surface area contributed by atoms with Crippen molar-refractivity contribution in [3.8, 4) is 22.5 Å². The molecule has 0 amide bonds. The molecule has 8 rings (SSSR count). The topological polar surface area (TPSA) is 22.8 Å². The molecule has 0 spiro atoms. The van der Waals surface area contributed by atoms with Crippen LogP contribution in [0.15, 0.2) is 140 Å². The SMILES string of the molecule is c1ccc(-c2ccc(-n3c4ccccc4c4c5c6ccccc6n(-c6cccnc6)c5ccc43)cc2)cc1. The number of fused-ring (bicyclic) bond motifs is 7. The summed E-state index contributed by atoms with van der Waals surface area (Å²) in [5, 5.41) is 5.07. The molecule has 3 aromatic heterocycles. The van der Waals surface area contributed by atoms with Gasteiger partial charge in [0, 0.05) is 33.4 Å². The quantitative estimate of drug-likeness (QED) is 0.245. The first-order chi connectivity index (χ1) is 18.9. The van der Waals surface area contributed by atoms with E-state index in [2.05, 4.69) is 135 Å². The summed E-state index contributed by atoms with van der Waals surface area (Å²) in [6, 6.07) is 45.6. The largest absolute Gasteiger partial charge is 0.309 e. The van der Waals surface area contributed by atoms with E-state index in [0.29, 0.717) is 0 Å². The summed E-state index contributed by atoms with van der Waals surface area (Å²) in [6.07, 6.45) is 3.76. The van der Waals surface area contributed by atoms with Crippen molar-refractivity contribution in [3.05, 3.63) is 140 Å². The maximum absolute atomic E-state index is 4.41. The molecule has 8 aromatic rings. The van der Waals surface area contributed by atoms with Crippen molar-refractivity contribution in [1.82, 2.24) is 14.1 Å². The molecule has 0 N–H and O–H groups in total. The van der Waals surface area contributed by atoms with Gasteiger partial charge in [0.15, 0.2) is 0 Å². The average Bonchev–Trinajstić information content (AvgIpc) is 3.51. The van der Waals surface area contributed by atoms with Gasteiger partial charge >= 0.3 is 0 Å². The maximum Gasteiger partial charge on any atom is 0.0645 e. The highest BCUT2D eigenvalue weighted by Gasteiger charge is 2.20. The lowest BCUT2D eigenvalue weighted by Gasteiger charge is -2.10. The van der Waals surface area contributed by atoms with E-state index < -0.39 is 0 Å². The van der Waals surface area contributed by atoms with Crippen LogP contribution in [0, 0.1) is 0 Å². The van der Waals surface area contributed by atoms with Gasteiger partial charge in [-0.2, -0.15) is 0 Å². The molecule has 3 heteroatoms. The van der Waals surface area contributed by atoms with Crippen molar-refractivity contribution in [1.29, 1.82) is 0 Å². The molecule has 0 aliphatic heterocycles. The Morgan fingerprint density at radius 3 is 1.55 bits per heavy atom. The monoisotopic (exact) mass is 485 g/mol. The van der Waals surface area contributed by atoms with E-state index in [-0.39, 0.29) is 0 Å². The number of benzene rings is 5. The maximum atomic E-state index is 4.41. The highest BCUT2D eigenvalue weighted by atomic mass is 15.0. The van der Waals surface area contributed by atoms with E-state index in [0.717, 1.165) is 11.4 Å². The van der Waals surface area contributed by atoms with Crippen molar-refractivity contribution in [2.24, 2.45) is 0 Å². The van der Waals surface area contributed by atoms with Gasteiger partial charge in [0.05, 0.1) is 34.0 Å². The van der Waals surface area contributed by atoms with E-state index in [9.17, 15) is 0 Å². The summed E-state index contributed by atoms with van der Waals surface area (Å²) < 4.78 is 4.73. The molecule has 0 unspecified atom stereocenters. The van der Waals surface area contributed by atoms with Crippen LogP contribution in [0.3, 0.4) is 0 Å². The van der Waals surface area contributed by atoms with Crippen LogP contribution < -0.4 is 0 Å². The summed E-state index contributed by atoms with van der Waals surface area (Å²) in [5.41, 5.74) is 9.47. The van der Waals surface area contributed by atoms with E-state index >= 15 is 0 Å². The predicted molar refractivity (Wildman–Crippen MR) is 158 cm³/mol. The second-order valence-electron chi connectivity index (χ2n) is 9.68. The summed E-state index contributed by atoms with van der Waals surface area (Å²) in [5.74, 6) is 0.